The van der Waals surface area contributed by atoms with Crippen LogP contribution >= 0.6 is 11.3 Å². The van der Waals surface area contributed by atoms with Crippen LogP contribution in [0.3, 0.4) is 0 Å². The van der Waals surface area contributed by atoms with Crippen molar-refractivity contribution in [2.24, 2.45) is 16.9 Å². The average Bonchev–Trinajstić information content (AvgIpc) is 3.66. The van der Waals surface area contributed by atoms with Crippen molar-refractivity contribution in [3.8, 4) is 11.3 Å². The van der Waals surface area contributed by atoms with Gasteiger partial charge in [-0.3, -0.25) is 0 Å². The maximum atomic E-state index is 13.2. The number of carbonyl (C=O) groups excluding carboxylic acids is 1. The second-order valence-corrected chi connectivity index (χ2v) is 13.1. The van der Waals surface area contributed by atoms with Crippen LogP contribution in [0.1, 0.15) is 90.9 Å². The smallest absolute Gasteiger partial charge is 0.359 e. The number of benzene rings is 2. The fourth-order valence-electron chi connectivity index (χ4n) is 5.94. The molecule has 0 aliphatic carbocycles. The number of ether oxygens (including phenoxy) is 1. The number of aromatic nitrogens is 1. The first-order chi connectivity index (χ1) is 22.4. The van der Waals surface area contributed by atoms with Gasteiger partial charge in [-0.15, -0.1) is 0 Å². The monoisotopic (exact) mass is 644 g/mol. The van der Waals surface area contributed by atoms with Gasteiger partial charge in [0.05, 0.1) is 22.9 Å². The molecule has 46 heavy (non-hydrogen) atoms. The number of hydrogen-bond donors (Lipinski definition) is 1. The zero-order valence-corrected chi connectivity index (χ0v) is 29.1. The van der Waals surface area contributed by atoms with Crippen LogP contribution in [0.4, 0.5) is 10.8 Å². The molecular weight excluding hydrogens is 593 g/mol. The number of rotatable bonds is 18. The summed E-state index contributed by atoms with van der Waals surface area (Å²) in [6.45, 7) is 13.1. The minimum atomic E-state index is -1.15. The highest BCUT2D eigenvalue weighted by atomic mass is 32.1. The molecule has 8 heteroatoms. The minimum absolute atomic E-state index is 0.111. The van der Waals surface area contributed by atoms with E-state index in [9.17, 15) is 9.90 Å². The van der Waals surface area contributed by atoms with E-state index >= 15 is 0 Å². The maximum absolute atomic E-state index is 13.2. The fourth-order valence-corrected chi connectivity index (χ4v) is 7.00. The third-order valence-electron chi connectivity index (χ3n) is 8.77. The summed E-state index contributed by atoms with van der Waals surface area (Å²) in [7, 11) is 0. The van der Waals surface area contributed by atoms with Crippen molar-refractivity contribution in [3.63, 3.8) is 0 Å². The van der Waals surface area contributed by atoms with Crippen molar-refractivity contribution in [2.75, 3.05) is 29.6 Å². The summed E-state index contributed by atoms with van der Waals surface area (Å²) >= 11 is 1.63. The molecule has 0 radical (unpaired) electrons. The van der Waals surface area contributed by atoms with Crippen molar-refractivity contribution < 1.29 is 14.6 Å². The molecule has 0 fully saturated rings. The van der Waals surface area contributed by atoms with Crippen molar-refractivity contribution in [2.45, 2.75) is 92.2 Å². The van der Waals surface area contributed by atoms with E-state index in [1.165, 1.54) is 43.5 Å². The van der Waals surface area contributed by atoms with E-state index in [1.807, 2.05) is 54.6 Å². The van der Waals surface area contributed by atoms with E-state index in [0.717, 1.165) is 47.2 Å². The van der Waals surface area contributed by atoms with Gasteiger partial charge in [0, 0.05) is 24.2 Å². The second kappa shape index (κ2) is 18.0. The van der Waals surface area contributed by atoms with Crippen LogP contribution in [0.15, 0.2) is 71.3 Å². The lowest BCUT2D eigenvalue weighted by Gasteiger charge is -2.30. The molecule has 1 aliphatic heterocycles. The van der Waals surface area contributed by atoms with Gasteiger partial charge >= 0.3 is 5.97 Å². The highest BCUT2D eigenvalue weighted by Crippen LogP contribution is 2.38. The summed E-state index contributed by atoms with van der Waals surface area (Å²) in [5, 5.41) is 18.6. The van der Waals surface area contributed by atoms with Gasteiger partial charge in [-0.2, -0.15) is 5.10 Å². The standard InChI is InChI=1S/C38H52N4O3S/c1-6-11-19-28(8-3)26-41(27-29(9-4)20-12-7-2)38-39-34(30-21-15-13-16-22-30)33(46-38)25-32-35(37(44)45-10-5)40-42(36(32)43)31-23-17-14-18-24-31/h13-18,21-25,28-29,36,43H,6-12,19-20,26-27H2,1-5H3/b32-25-. The molecule has 0 bridgehead atoms. The normalized spacial score (nSPS) is 16.8. The molecule has 4 rings (SSSR count). The Morgan fingerprint density at radius 3 is 2.07 bits per heavy atom. The summed E-state index contributed by atoms with van der Waals surface area (Å²) in [5.74, 6) is 0.628. The van der Waals surface area contributed by atoms with Crippen molar-refractivity contribution in [1.82, 2.24) is 4.98 Å². The highest BCUT2D eigenvalue weighted by Gasteiger charge is 2.36. The largest absolute Gasteiger partial charge is 0.461 e. The van der Waals surface area contributed by atoms with Crippen LogP contribution in [-0.2, 0) is 9.53 Å². The lowest BCUT2D eigenvalue weighted by molar-refractivity contribution is -0.134. The molecule has 2 heterocycles. The van der Waals surface area contributed by atoms with E-state index in [1.54, 1.807) is 18.3 Å². The van der Waals surface area contributed by atoms with Crippen LogP contribution in [0.5, 0.6) is 0 Å². The minimum Gasteiger partial charge on any atom is -0.461 e. The topological polar surface area (TPSA) is 78.3 Å². The van der Waals surface area contributed by atoms with Gasteiger partial charge in [0.2, 0.25) is 0 Å². The Morgan fingerprint density at radius 1 is 0.935 bits per heavy atom. The lowest BCUT2D eigenvalue weighted by Crippen LogP contribution is -2.34. The number of nitrogens with zero attached hydrogens (tertiary/aromatic N) is 4. The second-order valence-electron chi connectivity index (χ2n) is 12.1. The first-order valence-electron chi connectivity index (χ1n) is 17.2. The van der Waals surface area contributed by atoms with Gasteiger partial charge in [-0.25, -0.2) is 14.8 Å². The molecule has 3 atom stereocenters. The number of esters is 1. The molecule has 7 nitrogen and oxygen atoms in total. The number of hydrogen-bond acceptors (Lipinski definition) is 8. The zero-order valence-electron chi connectivity index (χ0n) is 28.3. The van der Waals surface area contributed by atoms with Crippen LogP contribution in [0.25, 0.3) is 17.3 Å². The van der Waals surface area contributed by atoms with Crippen LogP contribution < -0.4 is 9.91 Å². The molecule has 248 valence electrons. The van der Waals surface area contributed by atoms with Crippen molar-refractivity contribution in [3.05, 3.63) is 71.1 Å². The van der Waals surface area contributed by atoms with Gasteiger partial charge in [0.25, 0.3) is 0 Å². The number of carbonyl (C=O) groups is 1. The van der Waals surface area contributed by atoms with E-state index in [2.05, 4.69) is 49.8 Å². The van der Waals surface area contributed by atoms with Gasteiger partial charge in [-0.1, -0.05) is 126 Å². The van der Waals surface area contributed by atoms with Crippen LogP contribution in [0.2, 0.25) is 0 Å². The molecule has 0 amide bonds. The lowest BCUT2D eigenvalue weighted by atomic mass is 9.96. The Balaban J connectivity index is 1.81. The van der Waals surface area contributed by atoms with Gasteiger partial charge in [0.1, 0.15) is 0 Å². The average molecular weight is 645 g/mol. The van der Waals surface area contributed by atoms with E-state index < -0.39 is 12.2 Å². The van der Waals surface area contributed by atoms with Gasteiger partial charge < -0.3 is 14.7 Å². The molecule has 1 aromatic heterocycles. The number of unbranched alkanes of at least 4 members (excludes halogenated alkanes) is 2. The van der Waals surface area contributed by atoms with E-state index in [4.69, 9.17) is 9.72 Å². The number of anilines is 2. The van der Waals surface area contributed by atoms with Gasteiger partial charge in [-0.05, 0) is 49.8 Å². The number of thiazole rings is 1. The molecular formula is C38H52N4O3S. The predicted molar refractivity (Wildman–Crippen MR) is 193 cm³/mol. The van der Waals surface area contributed by atoms with Crippen LogP contribution in [0, 0.1) is 11.8 Å². The van der Waals surface area contributed by atoms with E-state index in [0.29, 0.717) is 23.1 Å². The Kier molecular flexibility index (Phi) is 13.8. The summed E-state index contributed by atoms with van der Waals surface area (Å²) < 4.78 is 5.39. The molecule has 3 aromatic rings. The van der Waals surface area contributed by atoms with E-state index in [-0.39, 0.29) is 12.3 Å². The molecule has 0 spiro atoms. The number of para-hydroxylation sites is 1. The zero-order chi connectivity index (χ0) is 32.9. The SMILES string of the molecule is CCCCC(CC)CN(CC(CC)CCCC)c1nc(-c2ccccc2)c(/C=C2/C(C(=O)OCC)=NN(c3ccccc3)C2O)s1. The Morgan fingerprint density at radius 2 is 1.52 bits per heavy atom. The Labute approximate surface area is 280 Å². The molecule has 0 saturated heterocycles. The summed E-state index contributed by atoms with van der Waals surface area (Å²) in [6, 6.07) is 19.6. The Hall–Kier alpha value is -3.49. The molecule has 3 unspecified atom stereocenters. The quantitative estimate of drug-likeness (QED) is 0.139. The number of aliphatic hydroxyl groups excluding tert-OH is 1. The first kappa shape index (κ1) is 35.4. The summed E-state index contributed by atoms with van der Waals surface area (Å²) in [4.78, 5) is 21.9. The fraction of sp³-hybridized carbons (Fsp3) is 0.500. The first-order valence-corrected chi connectivity index (χ1v) is 18.1. The summed E-state index contributed by atoms with van der Waals surface area (Å²) in [5.41, 5.74) is 3.05. The van der Waals surface area contributed by atoms with Crippen LogP contribution in [-0.4, -0.2) is 47.7 Å². The molecule has 0 saturated carbocycles. The Bertz CT molecular complexity index is 1400. The predicted octanol–water partition coefficient (Wildman–Crippen LogP) is 9.19. The third kappa shape index (κ3) is 9.07. The van der Waals surface area contributed by atoms with Gasteiger partial charge in [0.15, 0.2) is 17.1 Å². The molecule has 1 aliphatic rings. The number of hydrazone groups is 1. The third-order valence-corrected chi connectivity index (χ3v) is 9.83. The highest BCUT2D eigenvalue weighted by molar-refractivity contribution is 7.17. The van der Waals surface area contributed by atoms with Crippen molar-refractivity contribution in [1.29, 1.82) is 0 Å². The van der Waals surface area contributed by atoms with Crippen molar-refractivity contribution >= 4 is 39.9 Å². The molecule has 2 aromatic carbocycles. The summed E-state index contributed by atoms with van der Waals surface area (Å²) in [6.07, 6.45) is 10.3. The maximum Gasteiger partial charge on any atom is 0.359 e. The molecule has 1 N–H and O–H groups in total. The number of aliphatic hydroxyl groups is 1.